The lowest BCUT2D eigenvalue weighted by atomic mass is 9.81. The van der Waals surface area contributed by atoms with Crippen LogP contribution < -0.4 is 10.6 Å². The molecule has 0 saturated carbocycles. The van der Waals surface area contributed by atoms with Crippen molar-refractivity contribution < 1.29 is 4.79 Å². The molecule has 0 radical (unpaired) electrons. The van der Waals surface area contributed by atoms with Gasteiger partial charge in [-0.2, -0.15) is 0 Å². The Kier molecular flexibility index (Phi) is 6.27. The third-order valence-electron chi connectivity index (χ3n) is 5.10. The monoisotopic (exact) mass is 322 g/mol. The van der Waals surface area contributed by atoms with Gasteiger partial charge in [-0.05, 0) is 55.2 Å². The van der Waals surface area contributed by atoms with Gasteiger partial charge in [-0.1, -0.05) is 31.2 Å². The summed E-state index contributed by atoms with van der Waals surface area (Å²) >= 11 is 0. The van der Waals surface area contributed by atoms with Crippen LogP contribution in [0.15, 0.2) is 24.3 Å². The van der Waals surface area contributed by atoms with Gasteiger partial charge in [-0.25, -0.2) is 0 Å². The number of aryl methyl sites for hydroxylation is 1. The van der Waals surface area contributed by atoms with Gasteiger partial charge in [-0.3, -0.25) is 4.79 Å². The van der Waals surface area contributed by atoms with Gasteiger partial charge in [0.05, 0.1) is 0 Å². The quantitative estimate of drug-likeness (QED) is 0.898. The third-order valence-corrected chi connectivity index (χ3v) is 5.10. The molecule has 3 nitrogen and oxygen atoms in total. The molecule has 1 aliphatic carbocycles. The summed E-state index contributed by atoms with van der Waals surface area (Å²) in [6.07, 6.45) is 5.30. The molecule has 1 aromatic carbocycles. The minimum Gasteiger partial charge on any atom is -0.352 e. The van der Waals surface area contributed by atoms with Gasteiger partial charge in [0.25, 0.3) is 0 Å². The van der Waals surface area contributed by atoms with Gasteiger partial charge < -0.3 is 10.6 Å². The molecular formula is C18H27ClN2O. The van der Waals surface area contributed by atoms with Gasteiger partial charge in [0.1, 0.15) is 0 Å². The van der Waals surface area contributed by atoms with E-state index in [-0.39, 0.29) is 18.3 Å². The number of nitrogens with one attached hydrogen (secondary N) is 2. The van der Waals surface area contributed by atoms with Crippen LogP contribution in [0.3, 0.4) is 0 Å². The summed E-state index contributed by atoms with van der Waals surface area (Å²) in [6.45, 7) is 4.22. The minimum atomic E-state index is 0. The van der Waals surface area contributed by atoms with Crippen LogP contribution in [0.1, 0.15) is 49.7 Å². The smallest absolute Gasteiger partial charge is 0.220 e. The van der Waals surface area contributed by atoms with E-state index in [0.29, 0.717) is 24.3 Å². The maximum Gasteiger partial charge on any atom is 0.220 e. The van der Waals surface area contributed by atoms with E-state index in [9.17, 15) is 4.79 Å². The molecule has 1 amide bonds. The Hall–Kier alpha value is -1.06. The van der Waals surface area contributed by atoms with Crippen LogP contribution in [0.4, 0.5) is 0 Å². The topological polar surface area (TPSA) is 41.1 Å². The summed E-state index contributed by atoms with van der Waals surface area (Å²) in [4.78, 5) is 12.4. The zero-order chi connectivity index (χ0) is 14.7. The van der Waals surface area contributed by atoms with E-state index >= 15 is 0 Å². The predicted octanol–water partition coefficient (Wildman–Crippen LogP) is 3.03. The van der Waals surface area contributed by atoms with E-state index in [2.05, 4.69) is 41.8 Å². The van der Waals surface area contributed by atoms with E-state index in [1.54, 1.807) is 0 Å². The number of hydrogen-bond acceptors (Lipinski definition) is 2. The Bertz CT molecular complexity index is 506. The van der Waals surface area contributed by atoms with Crippen molar-refractivity contribution in [1.29, 1.82) is 0 Å². The molecule has 2 aliphatic rings. The number of benzene rings is 1. The van der Waals surface area contributed by atoms with Crippen LogP contribution in [0.2, 0.25) is 0 Å². The molecule has 1 fully saturated rings. The van der Waals surface area contributed by atoms with Crippen LogP contribution >= 0.6 is 12.4 Å². The van der Waals surface area contributed by atoms with E-state index < -0.39 is 0 Å². The first-order valence-corrected chi connectivity index (χ1v) is 8.32. The number of piperidine rings is 1. The standard InChI is InChI=1S/C18H26N2O.ClH/c1-13-9-10-19-12-17(13)20-18(21)11-15-7-4-6-14-5-2-3-8-16(14)15;/h2-3,5,8,13,15,17,19H,4,6-7,9-12H2,1H3,(H,20,21);1H. The number of rotatable bonds is 3. The third kappa shape index (κ3) is 4.02. The fourth-order valence-corrected chi connectivity index (χ4v) is 3.74. The number of carbonyl (C=O) groups is 1. The van der Waals surface area contributed by atoms with Gasteiger partial charge >= 0.3 is 0 Å². The Labute approximate surface area is 139 Å². The van der Waals surface area contributed by atoms with Crippen LogP contribution in [-0.4, -0.2) is 25.0 Å². The summed E-state index contributed by atoms with van der Waals surface area (Å²) < 4.78 is 0. The second-order valence-corrected chi connectivity index (χ2v) is 6.64. The van der Waals surface area contributed by atoms with Crippen LogP contribution in [-0.2, 0) is 11.2 Å². The molecule has 3 rings (SSSR count). The molecule has 22 heavy (non-hydrogen) atoms. The predicted molar refractivity (Wildman–Crippen MR) is 92.6 cm³/mol. The van der Waals surface area contributed by atoms with Crippen molar-refractivity contribution in [3.63, 3.8) is 0 Å². The zero-order valence-corrected chi connectivity index (χ0v) is 14.1. The van der Waals surface area contributed by atoms with Crippen molar-refractivity contribution >= 4 is 18.3 Å². The minimum absolute atomic E-state index is 0. The van der Waals surface area contributed by atoms with Crippen molar-refractivity contribution in [2.24, 2.45) is 5.92 Å². The molecule has 1 heterocycles. The van der Waals surface area contributed by atoms with Gasteiger partial charge in [-0.15, -0.1) is 12.4 Å². The molecule has 0 aromatic heterocycles. The fraction of sp³-hybridized carbons (Fsp3) is 0.611. The molecule has 0 spiro atoms. The van der Waals surface area contributed by atoms with E-state index in [1.165, 1.54) is 17.5 Å². The SMILES string of the molecule is CC1CCNCC1NC(=O)CC1CCCc2ccccc21.Cl. The average molecular weight is 323 g/mol. The van der Waals surface area contributed by atoms with E-state index in [1.807, 2.05) is 0 Å². The lowest BCUT2D eigenvalue weighted by Crippen LogP contribution is -2.50. The molecule has 0 bridgehead atoms. The number of halogens is 1. The maximum atomic E-state index is 12.4. The van der Waals surface area contributed by atoms with Crippen LogP contribution in [0.25, 0.3) is 0 Å². The summed E-state index contributed by atoms with van der Waals surface area (Å²) in [7, 11) is 0. The van der Waals surface area contributed by atoms with E-state index in [4.69, 9.17) is 0 Å². The fourth-order valence-electron chi connectivity index (χ4n) is 3.74. The summed E-state index contributed by atoms with van der Waals surface area (Å²) in [6, 6.07) is 8.92. The Morgan fingerprint density at radius 1 is 1.32 bits per heavy atom. The first-order valence-electron chi connectivity index (χ1n) is 8.32. The van der Waals surface area contributed by atoms with Crippen molar-refractivity contribution in [2.75, 3.05) is 13.1 Å². The van der Waals surface area contributed by atoms with Crippen molar-refractivity contribution in [2.45, 2.75) is 51.0 Å². The molecule has 4 heteroatoms. The number of amides is 1. The largest absolute Gasteiger partial charge is 0.352 e. The number of fused-ring (bicyclic) bond motifs is 1. The lowest BCUT2D eigenvalue weighted by Gasteiger charge is -2.31. The van der Waals surface area contributed by atoms with Crippen LogP contribution in [0, 0.1) is 5.92 Å². The first kappa shape index (κ1) is 17.3. The van der Waals surface area contributed by atoms with Crippen LogP contribution in [0.5, 0.6) is 0 Å². The molecule has 3 unspecified atom stereocenters. The normalized spacial score (nSPS) is 27.4. The second kappa shape index (κ2) is 7.98. The highest BCUT2D eigenvalue weighted by molar-refractivity contribution is 5.85. The summed E-state index contributed by atoms with van der Waals surface area (Å²) in [5.41, 5.74) is 2.84. The molecule has 122 valence electrons. The Morgan fingerprint density at radius 2 is 2.14 bits per heavy atom. The molecule has 3 atom stereocenters. The molecule has 2 N–H and O–H groups in total. The van der Waals surface area contributed by atoms with Crippen molar-refractivity contribution in [1.82, 2.24) is 10.6 Å². The highest BCUT2D eigenvalue weighted by atomic mass is 35.5. The maximum absolute atomic E-state index is 12.4. The van der Waals surface area contributed by atoms with Gasteiger partial charge in [0, 0.05) is 19.0 Å². The lowest BCUT2D eigenvalue weighted by molar-refractivity contribution is -0.122. The summed E-state index contributed by atoms with van der Waals surface area (Å²) in [5.74, 6) is 1.20. The number of hydrogen-bond donors (Lipinski definition) is 2. The molecule has 1 aliphatic heterocycles. The molecule has 1 saturated heterocycles. The van der Waals surface area contributed by atoms with E-state index in [0.717, 1.165) is 32.4 Å². The average Bonchev–Trinajstić information content (AvgIpc) is 2.50. The Balaban J connectivity index is 0.00000176. The van der Waals surface area contributed by atoms with Crippen molar-refractivity contribution in [3.05, 3.63) is 35.4 Å². The first-order chi connectivity index (χ1) is 10.2. The highest BCUT2D eigenvalue weighted by Crippen LogP contribution is 2.33. The Morgan fingerprint density at radius 3 is 2.95 bits per heavy atom. The molecule has 1 aromatic rings. The second-order valence-electron chi connectivity index (χ2n) is 6.64. The molecular weight excluding hydrogens is 296 g/mol. The summed E-state index contributed by atoms with van der Waals surface area (Å²) in [5, 5.41) is 6.62. The van der Waals surface area contributed by atoms with Gasteiger partial charge in [0.15, 0.2) is 0 Å². The van der Waals surface area contributed by atoms with Gasteiger partial charge in [0.2, 0.25) is 5.91 Å². The van der Waals surface area contributed by atoms with Crippen molar-refractivity contribution in [3.8, 4) is 0 Å². The highest BCUT2D eigenvalue weighted by Gasteiger charge is 2.26. The zero-order valence-electron chi connectivity index (χ0n) is 13.3. The number of carbonyl (C=O) groups excluding carboxylic acids is 1.